The Hall–Kier alpha value is -2.46. The number of ketones is 1. The lowest BCUT2D eigenvalue weighted by Gasteiger charge is -2.09. The predicted octanol–water partition coefficient (Wildman–Crippen LogP) is 0.00190. The molecule has 2 rings (SSSR count). The van der Waals surface area contributed by atoms with Crippen molar-refractivity contribution in [1.29, 1.82) is 0 Å². The summed E-state index contributed by atoms with van der Waals surface area (Å²) < 4.78 is 41.7. The molecule has 0 atom stereocenters. The summed E-state index contributed by atoms with van der Waals surface area (Å²) in [7, 11) is 0. The summed E-state index contributed by atoms with van der Waals surface area (Å²) >= 11 is 0. The topological polar surface area (TPSA) is 94.4 Å². The number of cyclic esters (lactones) is 1. The average molecular weight is 292 g/mol. The van der Waals surface area contributed by atoms with Gasteiger partial charge >= 0.3 is 12.3 Å². The minimum atomic E-state index is -5.07. The molecule has 108 valence electrons. The molecule has 1 aliphatic rings. The zero-order valence-electron chi connectivity index (χ0n) is 9.75. The van der Waals surface area contributed by atoms with Crippen molar-refractivity contribution in [3.05, 3.63) is 11.9 Å². The minimum absolute atomic E-state index is 0.0553. The van der Waals surface area contributed by atoms with E-state index in [0.717, 1.165) is 9.58 Å². The highest BCUT2D eigenvalue weighted by Gasteiger charge is 2.41. The zero-order valence-corrected chi connectivity index (χ0v) is 9.75. The Morgan fingerprint density at radius 3 is 2.65 bits per heavy atom. The highest BCUT2D eigenvalue weighted by molar-refractivity contribution is 5.98. The van der Waals surface area contributed by atoms with Crippen molar-refractivity contribution in [1.82, 2.24) is 19.9 Å². The average Bonchev–Trinajstić information content (AvgIpc) is 2.95. The van der Waals surface area contributed by atoms with E-state index in [0.29, 0.717) is 6.20 Å². The number of carbonyl (C=O) groups is 3. The molecule has 1 fully saturated rings. The van der Waals surface area contributed by atoms with Gasteiger partial charge in [0.2, 0.25) is 0 Å². The smallest absolute Gasteiger partial charge is 0.447 e. The lowest BCUT2D eigenvalue weighted by atomic mass is 10.3. The number of nitrogens with zero attached hydrogens (tertiary/aromatic N) is 4. The molecule has 0 bridgehead atoms. The van der Waals surface area contributed by atoms with Crippen LogP contribution in [0.1, 0.15) is 10.5 Å². The van der Waals surface area contributed by atoms with Crippen molar-refractivity contribution in [2.24, 2.45) is 0 Å². The molecule has 0 aliphatic carbocycles. The summed E-state index contributed by atoms with van der Waals surface area (Å²) in [5.74, 6) is -2.87. The number of imide groups is 1. The van der Waals surface area contributed by atoms with Crippen LogP contribution in [0.4, 0.5) is 18.0 Å². The Morgan fingerprint density at radius 2 is 2.10 bits per heavy atom. The molecule has 8 nitrogen and oxygen atoms in total. The van der Waals surface area contributed by atoms with Crippen LogP contribution < -0.4 is 0 Å². The number of aromatic nitrogens is 3. The second-order valence-corrected chi connectivity index (χ2v) is 3.79. The minimum Gasteiger partial charge on any atom is -0.447 e. The number of hydrogen-bond acceptors (Lipinski definition) is 6. The largest absolute Gasteiger partial charge is 0.456 e. The van der Waals surface area contributed by atoms with Crippen LogP contribution in [0.25, 0.3) is 0 Å². The monoisotopic (exact) mass is 292 g/mol. The second-order valence-electron chi connectivity index (χ2n) is 3.79. The van der Waals surface area contributed by atoms with E-state index in [4.69, 9.17) is 0 Å². The molecule has 0 spiro atoms. The van der Waals surface area contributed by atoms with Crippen molar-refractivity contribution in [3.63, 3.8) is 0 Å². The van der Waals surface area contributed by atoms with Gasteiger partial charge in [0.15, 0.2) is 5.69 Å². The Morgan fingerprint density at radius 1 is 1.40 bits per heavy atom. The molecule has 11 heteroatoms. The van der Waals surface area contributed by atoms with E-state index in [1.807, 2.05) is 0 Å². The van der Waals surface area contributed by atoms with Crippen LogP contribution in [-0.2, 0) is 16.1 Å². The second kappa shape index (κ2) is 4.90. The van der Waals surface area contributed by atoms with Gasteiger partial charge in [-0.05, 0) is 0 Å². The number of alkyl halides is 3. The van der Waals surface area contributed by atoms with Crippen LogP contribution in [0.3, 0.4) is 0 Å². The molecule has 1 aromatic rings. The third kappa shape index (κ3) is 2.75. The molecule has 2 heterocycles. The van der Waals surface area contributed by atoms with E-state index in [1.165, 1.54) is 0 Å². The molecule has 0 aromatic carbocycles. The highest BCUT2D eigenvalue weighted by atomic mass is 19.4. The van der Waals surface area contributed by atoms with E-state index in [1.54, 1.807) is 0 Å². The predicted molar refractivity (Wildman–Crippen MR) is 53.5 cm³/mol. The Kier molecular flexibility index (Phi) is 3.42. The van der Waals surface area contributed by atoms with Crippen LogP contribution in [0.5, 0.6) is 0 Å². The van der Waals surface area contributed by atoms with Crippen molar-refractivity contribution in [3.8, 4) is 0 Å². The highest BCUT2D eigenvalue weighted by Crippen LogP contribution is 2.19. The standard InChI is InChI=1S/C9H7F3N4O4/c10-9(11,12)7(18)5-3-15(14-13-5)4-6(17)16-1-2-20-8(16)19/h3H,1-2,4H2. The fraction of sp³-hybridized carbons (Fsp3) is 0.444. The van der Waals surface area contributed by atoms with Crippen LogP contribution in [-0.4, -0.2) is 57.0 Å². The first kappa shape index (κ1) is 14.0. The Balaban J connectivity index is 2.05. The SMILES string of the molecule is O=C(Cn1cc(C(=O)C(F)(F)F)nn1)N1CCOC1=O. The summed E-state index contributed by atoms with van der Waals surface area (Å²) in [5.41, 5.74) is -0.922. The maximum absolute atomic E-state index is 12.1. The molecule has 1 aromatic heterocycles. The molecule has 2 amide bonds. The molecular weight excluding hydrogens is 285 g/mol. The van der Waals surface area contributed by atoms with Crippen LogP contribution in [0.15, 0.2) is 6.20 Å². The van der Waals surface area contributed by atoms with Gasteiger partial charge in [-0.3, -0.25) is 9.59 Å². The van der Waals surface area contributed by atoms with Gasteiger partial charge in [0, 0.05) is 0 Å². The van der Waals surface area contributed by atoms with E-state index in [-0.39, 0.29) is 13.2 Å². The first-order valence-electron chi connectivity index (χ1n) is 5.28. The van der Waals surface area contributed by atoms with Gasteiger partial charge in [-0.2, -0.15) is 13.2 Å². The van der Waals surface area contributed by atoms with Crippen molar-refractivity contribution < 1.29 is 32.3 Å². The molecule has 0 saturated carbocycles. The number of hydrogen-bond donors (Lipinski definition) is 0. The number of ether oxygens (including phenoxy) is 1. The molecule has 1 saturated heterocycles. The first-order chi connectivity index (χ1) is 9.29. The fourth-order valence-corrected chi connectivity index (χ4v) is 1.47. The van der Waals surface area contributed by atoms with Crippen LogP contribution in [0.2, 0.25) is 0 Å². The maximum atomic E-state index is 12.1. The zero-order chi connectivity index (χ0) is 14.9. The van der Waals surface area contributed by atoms with Gasteiger partial charge in [-0.1, -0.05) is 5.21 Å². The van der Waals surface area contributed by atoms with Gasteiger partial charge < -0.3 is 4.74 Å². The lowest BCUT2D eigenvalue weighted by Crippen LogP contribution is -2.34. The summed E-state index contributed by atoms with van der Waals surface area (Å²) in [4.78, 5) is 34.4. The van der Waals surface area contributed by atoms with E-state index < -0.39 is 36.2 Å². The van der Waals surface area contributed by atoms with Crippen molar-refractivity contribution >= 4 is 17.8 Å². The number of amides is 2. The van der Waals surface area contributed by atoms with Gasteiger partial charge in [0.25, 0.3) is 11.7 Å². The van der Waals surface area contributed by atoms with Crippen LogP contribution >= 0.6 is 0 Å². The quantitative estimate of drug-likeness (QED) is 0.728. The van der Waals surface area contributed by atoms with Gasteiger partial charge in [-0.15, -0.1) is 5.10 Å². The first-order valence-corrected chi connectivity index (χ1v) is 5.28. The Labute approximate surface area is 109 Å². The normalized spacial score (nSPS) is 15.3. The molecule has 0 unspecified atom stereocenters. The van der Waals surface area contributed by atoms with Crippen molar-refractivity contribution in [2.75, 3.05) is 13.2 Å². The number of rotatable bonds is 3. The molecule has 1 aliphatic heterocycles. The maximum Gasteiger partial charge on any atom is 0.456 e. The van der Waals surface area contributed by atoms with E-state index in [9.17, 15) is 27.6 Å². The van der Waals surface area contributed by atoms with Gasteiger partial charge in [0.05, 0.1) is 12.7 Å². The molecule has 0 N–H and O–H groups in total. The van der Waals surface area contributed by atoms with E-state index >= 15 is 0 Å². The molecule has 0 radical (unpaired) electrons. The van der Waals surface area contributed by atoms with Crippen LogP contribution in [0, 0.1) is 0 Å². The lowest BCUT2D eigenvalue weighted by molar-refractivity contribution is -0.128. The third-order valence-electron chi connectivity index (χ3n) is 2.39. The molecular formula is C9H7F3N4O4. The summed E-state index contributed by atoms with van der Waals surface area (Å²) in [6.45, 7) is -0.409. The van der Waals surface area contributed by atoms with Gasteiger partial charge in [-0.25, -0.2) is 14.4 Å². The summed E-state index contributed by atoms with van der Waals surface area (Å²) in [6, 6.07) is 0. The fourth-order valence-electron chi connectivity index (χ4n) is 1.47. The Bertz CT molecular complexity index is 568. The summed E-state index contributed by atoms with van der Waals surface area (Å²) in [6.07, 6.45) is -5.21. The number of carbonyl (C=O) groups excluding carboxylic acids is 3. The van der Waals surface area contributed by atoms with Crippen molar-refractivity contribution in [2.45, 2.75) is 12.7 Å². The third-order valence-corrected chi connectivity index (χ3v) is 2.39. The summed E-state index contributed by atoms with van der Waals surface area (Å²) in [5, 5.41) is 6.27. The molecule has 20 heavy (non-hydrogen) atoms. The number of Topliss-reactive ketones (excluding diaryl/α,β-unsaturated/α-hetero) is 1. The van der Waals surface area contributed by atoms with E-state index in [2.05, 4.69) is 15.0 Å². The van der Waals surface area contributed by atoms with Gasteiger partial charge in [0.1, 0.15) is 13.2 Å². The number of halogens is 3.